The molecular formula is C18H13FO. The average molecular weight is 264 g/mol. The zero-order chi connectivity index (χ0) is 13.8. The van der Waals surface area contributed by atoms with Crippen LogP contribution in [0.25, 0.3) is 11.1 Å². The van der Waals surface area contributed by atoms with Crippen LogP contribution in [0.2, 0.25) is 0 Å². The molecule has 0 unspecified atom stereocenters. The van der Waals surface area contributed by atoms with E-state index in [1.54, 1.807) is 6.07 Å². The van der Waals surface area contributed by atoms with Crippen molar-refractivity contribution in [1.82, 2.24) is 0 Å². The summed E-state index contributed by atoms with van der Waals surface area (Å²) < 4.78 is 19.0. The van der Waals surface area contributed by atoms with Gasteiger partial charge in [0, 0.05) is 0 Å². The van der Waals surface area contributed by atoms with Crippen LogP contribution in [-0.2, 0) is 0 Å². The smallest absolute Gasteiger partial charge is 0.128 e. The Bertz CT molecular complexity index is 707. The lowest BCUT2D eigenvalue weighted by Crippen LogP contribution is -1.85. The third-order valence-corrected chi connectivity index (χ3v) is 2.97. The Morgan fingerprint density at radius 1 is 0.600 bits per heavy atom. The summed E-state index contributed by atoms with van der Waals surface area (Å²) in [5.41, 5.74) is 1.77. The van der Waals surface area contributed by atoms with Crippen LogP contribution in [0.1, 0.15) is 0 Å². The van der Waals surface area contributed by atoms with Crippen molar-refractivity contribution in [3.63, 3.8) is 0 Å². The molecule has 0 saturated heterocycles. The van der Waals surface area contributed by atoms with Crippen molar-refractivity contribution in [3.8, 4) is 22.6 Å². The minimum Gasteiger partial charge on any atom is -0.457 e. The number of halogens is 1. The van der Waals surface area contributed by atoms with Crippen LogP contribution in [0.15, 0.2) is 78.9 Å². The summed E-state index contributed by atoms with van der Waals surface area (Å²) in [5, 5.41) is 0. The first-order valence-electron chi connectivity index (χ1n) is 6.40. The van der Waals surface area contributed by atoms with Crippen molar-refractivity contribution in [2.24, 2.45) is 0 Å². The average Bonchev–Trinajstić information content (AvgIpc) is 2.49. The maximum absolute atomic E-state index is 13.3. The van der Waals surface area contributed by atoms with Crippen LogP contribution in [-0.4, -0.2) is 0 Å². The molecule has 0 aromatic heterocycles. The number of para-hydroxylation sites is 1. The van der Waals surface area contributed by atoms with E-state index >= 15 is 0 Å². The molecule has 0 amide bonds. The molecule has 3 rings (SSSR count). The van der Waals surface area contributed by atoms with Gasteiger partial charge in [-0.15, -0.1) is 0 Å². The van der Waals surface area contributed by atoms with E-state index in [-0.39, 0.29) is 5.82 Å². The fraction of sp³-hybridized carbons (Fsp3) is 0. The summed E-state index contributed by atoms with van der Waals surface area (Å²) >= 11 is 0. The zero-order valence-corrected chi connectivity index (χ0v) is 10.8. The van der Waals surface area contributed by atoms with Gasteiger partial charge in [0.05, 0.1) is 0 Å². The normalized spacial score (nSPS) is 10.2. The van der Waals surface area contributed by atoms with Gasteiger partial charge >= 0.3 is 0 Å². The number of ether oxygens (including phenoxy) is 1. The Morgan fingerprint density at radius 3 is 2.00 bits per heavy atom. The Hall–Kier alpha value is -2.61. The SMILES string of the molecule is Fc1cccc(-c2cccc(Oc3ccccc3)c2)c1. The van der Waals surface area contributed by atoms with E-state index in [4.69, 9.17) is 4.74 Å². The lowest BCUT2D eigenvalue weighted by molar-refractivity contribution is 0.483. The molecule has 0 radical (unpaired) electrons. The molecular weight excluding hydrogens is 251 g/mol. The summed E-state index contributed by atoms with van der Waals surface area (Å²) in [5.74, 6) is 1.28. The molecule has 0 aliphatic rings. The highest BCUT2D eigenvalue weighted by molar-refractivity contribution is 5.65. The molecule has 20 heavy (non-hydrogen) atoms. The van der Waals surface area contributed by atoms with Crippen LogP contribution < -0.4 is 4.74 Å². The van der Waals surface area contributed by atoms with Crippen LogP contribution in [0.4, 0.5) is 4.39 Å². The number of benzene rings is 3. The van der Waals surface area contributed by atoms with Crippen molar-refractivity contribution in [2.45, 2.75) is 0 Å². The molecule has 0 saturated carbocycles. The van der Waals surface area contributed by atoms with E-state index in [2.05, 4.69) is 0 Å². The molecule has 1 nitrogen and oxygen atoms in total. The standard InChI is InChI=1S/C18H13FO/c19-16-8-4-6-14(12-16)15-7-5-11-18(13-15)20-17-9-2-1-3-10-17/h1-13H. The van der Waals surface area contributed by atoms with Gasteiger partial charge in [-0.1, -0.05) is 42.5 Å². The molecule has 0 aliphatic heterocycles. The van der Waals surface area contributed by atoms with Crippen molar-refractivity contribution in [2.75, 3.05) is 0 Å². The summed E-state index contributed by atoms with van der Waals surface area (Å²) in [6.45, 7) is 0. The summed E-state index contributed by atoms with van der Waals surface area (Å²) in [4.78, 5) is 0. The first-order valence-corrected chi connectivity index (χ1v) is 6.40. The zero-order valence-electron chi connectivity index (χ0n) is 10.8. The lowest BCUT2D eigenvalue weighted by Gasteiger charge is -2.08. The van der Waals surface area contributed by atoms with Crippen molar-refractivity contribution >= 4 is 0 Å². The predicted molar refractivity (Wildman–Crippen MR) is 78.4 cm³/mol. The minimum atomic E-state index is -0.239. The van der Waals surface area contributed by atoms with Gasteiger partial charge in [-0.05, 0) is 47.5 Å². The largest absolute Gasteiger partial charge is 0.457 e. The number of rotatable bonds is 3. The van der Waals surface area contributed by atoms with Gasteiger partial charge in [0.1, 0.15) is 17.3 Å². The van der Waals surface area contributed by atoms with E-state index in [1.165, 1.54) is 12.1 Å². The quantitative estimate of drug-likeness (QED) is 0.625. The fourth-order valence-corrected chi connectivity index (χ4v) is 2.03. The molecule has 3 aromatic rings. The topological polar surface area (TPSA) is 9.23 Å². The van der Waals surface area contributed by atoms with E-state index in [1.807, 2.05) is 60.7 Å². The number of hydrogen-bond acceptors (Lipinski definition) is 1. The van der Waals surface area contributed by atoms with Crippen molar-refractivity contribution in [3.05, 3.63) is 84.7 Å². The van der Waals surface area contributed by atoms with Gasteiger partial charge in [0.25, 0.3) is 0 Å². The van der Waals surface area contributed by atoms with E-state index < -0.39 is 0 Å². The molecule has 0 heterocycles. The second-order valence-corrected chi connectivity index (χ2v) is 4.45. The second-order valence-electron chi connectivity index (χ2n) is 4.45. The highest BCUT2D eigenvalue weighted by Crippen LogP contribution is 2.27. The van der Waals surface area contributed by atoms with Crippen LogP contribution in [0.3, 0.4) is 0 Å². The lowest BCUT2D eigenvalue weighted by atomic mass is 10.1. The van der Waals surface area contributed by atoms with Crippen LogP contribution in [0.5, 0.6) is 11.5 Å². The molecule has 0 bridgehead atoms. The third kappa shape index (κ3) is 2.86. The first kappa shape index (κ1) is 12.4. The van der Waals surface area contributed by atoms with Crippen LogP contribution in [0, 0.1) is 5.82 Å². The van der Waals surface area contributed by atoms with Gasteiger partial charge in [-0.2, -0.15) is 0 Å². The highest BCUT2D eigenvalue weighted by Gasteiger charge is 2.02. The molecule has 0 fully saturated rings. The van der Waals surface area contributed by atoms with Crippen molar-refractivity contribution in [1.29, 1.82) is 0 Å². The fourth-order valence-electron chi connectivity index (χ4n) is 2.03. The molecule has 3 aromatic carbocycles. The summed E-state index contributed by atoms with van der Waals surface area (Å²) in [6.07, 6.45) is 0. The molecule has 98 valence electrons. The van der Waals surface area contributed by atoms with E-state index in [0.29, 0.717) is 0 Å². The van der Waals surface area contributed by atoms with E-state index in [9.17, 15) is 4.39 Å². The van der Waals surface area contributed by atoms with Gasteiger partial charge < -0.3 is 4.74 Å². The predicted octanol–water partition coefficient (Wildman–Crippen LogP) is 5.29. The second kappa shape index (κ2) is 5.57. The molecule has 2 heteroatoms. The maximum Gasteiger partial charge on any atom is 0.128 e. The van der Waals surface area contributed by atoms with Gasteiger partial charge in [0.15, 0.2) is 0 Å². The molecule has 0 atom stereocenters. The summed E-state index contributed by atoms with van der Waals surface area (Å²) in [7, 11) is 0. The maximum atomic E-state index is 13.3. The molecule has 0 spiro atoms. The monoisotopic (exact) mass is 264 g/mol. The van der Waals surface area contributed by atoms with E-state index in [0.717, 1.165) is 22.6 Å². The molecule has 0 N–H and O–H groups in total. The Labute approximate surface area is 117 Å². The van der Waals surface area contributed by atoms with Crippen LogP contribution >= 0.6 is 0 Å². The highest BCUT2D eigenvalue weighted by atomic mass is 19.1. The van der Waals surface area contributed by atoms with Crippen molar-refractivity contribution < 1.29 is 9.13 Å². The van der Waals surface area contributed by atoms with Gasteiger partial charge in [-0.3, -0.25) is 0 Å². The Morgan fingerprint density at radius 2 is 1.25 bits per heavy atom. The van der Waals surface area contributed by atoms with Gasteiger partial charge in [-0.25, -0.2) is 4.39 Å². The first-order chi connectivity index (χ1) is 9.81. The van der Waals surface area contributed by atoms with Gasteiger partial charge in [0.2, 0.25) is 0 Å². The third-order valence-electron chi connectivity index (χ3n) is 2.97. The Balaban J connectivity index is 1.90. The Kier molecular flexibility index (Phi) is 3.46. The minimum absolute atomic E-state index is 0.239. The molecule has 0 aliphatic carbocycles. The number of hydrogen-bond donors (Lipinski definition) is 0. The summed E-state index contributed by atoms with van der Waals surface area (Å²) in [6, 6.07) is 23.7.